The molecule has 0 aromatic carbocycles. The van der Waals surface area contributed by atoms with Gasteiger partial charge in [-0.2, -0.15) is 0 Å². The van der Waals surface area contributed by atoms with Gasteiger partial charge in [0.25, 0.3) is 0 Å². The molecule has 5 nitrogen and oxygen atoms in total. The van der Waals surface area contributed by atoms with E-state index in [1.54, 1.807) is 0 Å². The topological polar surface area (TPSA) is 75.6 Å². The van der Waals surface area contributed by atoms with Crippen molar-refractivity contribution in [1.29, 1.82) is 0 Å². The second-order valence-electron chi connectivity index (χ2n) is 6.69. The van der Waals surface area contributed by atoms with Gasteiger partial charge < -0.3 is 15.2 Å². The van der Waals surface area contributed by atoms with Crippen LogP contribution in [0.3, 0.4) is 0 Å². The van der Waals surface area contributed by atoms with E-state index in [-0.39, 0.29) is 12.5 Å². The lowest BCUT2D eigenvalue weighted by Crippen LogP contribution is -2.57. The van der Waals surface area contributed by atoms with Crippen LogP contribution in [0.25, 0.3) is 0 Å². The van der Waals surface area contributed by atoms with Gasteiger partial charge in [0.05, 0.1) is 5.60 Å². The molecule has 0 radical (unpaired) electrons. The van der Waals surface area contributed by atoms with Crippen molar-refractivity contribution in [2.75, 3.05) is 6.61 Å². The number of carbonyl (C=O) groups is 2. The van der Waals surface area contributed by atoms with Gasteiger partial charge in [-0.1, -0.05) is 13.3 Å². The number of hydrogen-bond donors (Lipinski definition) is 2. The molecule has 5 heteroatoms. The van der Waals surface area contributed by atoms with Crippen LogP contribution >= 0.6 is 0 Å². The number of hydrogen-bond acceptors (Lipinski definition) is 3. The summed E-state index contributed by atoms with van der Waals surface area (Å²) in [6.45, 7) is 7.60. The lowest BCUT2D eigenvalue weighted by molar-refractivity contribution is -0.151. The van der Waals surface area contributed by atoms with Crippen molar-refractivity contribution in [1.82, 2.24) is 5.32 Å². The molecule has 0 bridgehead atoms. The molecule has 1 saturated carbocycles. The molecular weight excluding hydrogens is 258 g/mol. The molecule has 0 heterocycles. The highest BCUT2D eigenvalue weighted by Gasteiger charge is 2.42. The number of amides is 1. The fraction of sp³-hybridized carbons (Fsp3) is 0.867. The summed E-state index contributed by atoms with van der Waals surface area (Å²) in [5, 5.41) is 12.2. The minimum absolute atomic E-state index is 0.101. The summed E-state index contributed by atoms with van der Waals surface area (Å²) in [5.41, 5.74) is -1.52. The molecule has 20 heavy (non-hydrogen) atoms. The smallest absolute Gasteiger partial charge is 0.329 e. The van der Waals surface area contributed by atoms with Crippen LogP contribution in [0.4, 0.5) is 0 Å². The lowest BCUT2D eigenvalue weighted by atomic mass is 9.75. The van der Waals surface area contributed by atoms with Crippen molar-refractivity contribution >= 4 is 11.9 Å². The molecule has 0 saturated heterocycles. The normalized spacial score (nSPS) is 27.1. The molecule has 0 aromatic heterocycles. The summed E-state index contributed by atoms with van der Waals surface area (Å²) in [5.74, 6) is -0.710. The van der Waals surface area contributed by atoms with Crippen LogP contribution in [0.5, 0.6) is 0 Å². The quantitative estimate of drug-likeness (QED) is 0.813. The van der Waals surface area contributed by atoms with Crippen LogP contribution in [0, 0.1) is 5.92 Å². The number of aliphatic carboxylic acids is 1. The second kappa shape index (κ2) is 6.57. The fourth-order valence-electron chi connectivity index (χ4n) is 2.56. The Kier molecular flexibility index (Phi) is 5.57. The van der Waals surface area contributed by atoms with E-state index in [2.05, 4.69) is 12.2 Å². The highest BCUT2D eigenvalue weighted by molar-refractivity contribution is 5.87. The minimum Gasteiger partial charge on any atom is -0.480 e. The zero-order chi connectivity index (χ0) is 15.4. The Balaban J connectivity index is 2.60. The Morgan fingerprint density at radius 2 is 1.85 bits per heavy atom. The molecule has 2 N–H and O–H groups in total. The maximum absolute atomic E-state index is 11.9. The molecule has 116 valence electrons. The standard InChI is InChI=1S/C15H27NO4/c1-5-11-6-8-15(9-7-11,13(18)19)16-12(17)10-20-14(2,3)4/h11H,5-10H2,1-4H3,(H,16,17)(H,18,19). The predicted molar refractivity (Wildman–Crippen MR) is 76.5 cm³/mol. The van der Waals surface area contributed by atoms with E-state index < -0.39 is 17.1 Å². The number of carboxylic acids is 1. The summed E-state index contributed by atoms with van der Waals surface area (Å²) >= 11 is 0. The van der Waals surface area contributed by atoms with Crippen LogP contribution in [-0.2, 0) is 14.3 Å². The van der Waals surface area contributed by atoms with E-state index in [1.807, 2.05) is 20.8 Å². The van der Waals surface area contributed by atoms with Gasteiger partial charge in [0.2, 0.25) is 5.91 Å². The van der Waals surface area contributed by atoms with E-state index in [0.29, 0.717) is 18.8 Å². The van der Waals surface area contributed by atoms with Gasteiger partial charge in [-0.25, -0.2) is 4.79 Å². The third kappa shape index (κ3) is 4.78. The molecule has 1 aliphatic rings. The number of rotatable bonds is 5. The number of nitrogens with one attached hydrogen (secondary N) is 1. The number of ether oxygens (including phenoxy) is 1. The van der Waals surface area contributed by atoms with E-state index >= 15 is 0 Å². The summed E-state index contributed by atoms with van der Waals surface area (Å²) in [7, 11) is 0. The van der Waals surface area contributed by atoms with Crippen molar-refractivity contribution in [2.45, 2.75) is 70.9 Å². The summed E-state index contributed by atoms with van der Waals surface area (Å²) in [4.78, 5) is 23.5. The third-order valence-electron chi connectivity index (χ3n) is 3.96. The summed E-state index contributed by atoms with van der Waals surface area (Å²) in [6.07, 6.45) is 3.77. The first kappa shape index (κ1) is 17.0. The lowest BCUT2D eigenvalue weighted by Gasteiger charge is -2.37. The highest BCUT2D eigenvalue weighted by atomic mass is 16.5. The van der Waals surface area contributed by atoms with Crippen LogP contribution < -0.4 is 5.32 Å². The van der Waals surface area contributed by atoms with E-state index in [4.69, 9.17) is 4.74 Å². The first-order chi connectivity index (χ1) is 9.18. The fourth-order valence-corrected chi connectivity index (χ4v) is 2.56. The summed E-state index contributed by atoms with van der Waals surface area (Å²) in [6, 6.07) is 0. The van der Waals surface area contributed by atoms with Crippen LogP contribution in [0.1, 0.15) is 59.8 Å². The largest absolute Gasteiger partial charge is 0.480 e. The average molecular weight is 285 g/mol. The average Bonchev–Trinajstić information content (AvgIpc) is 2.36. The maximum atomic E-state index is 11.9. The Morgan fingerprint density at radius 1 is 1.30 bits per heavy atom. The molecule has 0 aliphatic heterocycles. The minimum atomic E-state index is -1.11. The van der Waals surface area contributed by atoms with Gasteiger partial charge in [0, 0.05) is 0 Å². The molecule has 1 fully saturated rings. The molecule has 1 rings (SSSR count). The first-order valence-corrected chi connectivity index (χ1v) is 7.37. The van der Waals surface area contributed by atoms with Gasteiger partial charge in [-0.3, -0.25) is 4.79 Å². The highest BCUT2D eigenvalue weighted by Crippen LogP contribution is 2.34. The zero-order valence-corrected chi connectivity index (χ0v) is 13.0. The molecule has 1 aliphatic carbocycles. The van der Waals surface area contributed by atoms with Gasteiger partial charge in [0.1, 0.15) is 12.1 Å². The second-order valence-corrected chi connectivity index (χ2v) is 6.69. The SMILES string of the molecule is CCC1CCC(NC(=O)COC(C)(C)C)(C(=O)O)CC1. The van der Waals surface area contributed by atoms with Crippen LogP contribution in [-0.4, -0.2) is 34.7 Å². The number of carboxylic acid groups (broad SMARTS) is 1. The molecule has 1 amide bonds. The molecule has 0 atom stereocenters. The van der Waals surface area contributed by atoms with Crippen molar-refractivity contribution < 1.29 is 19.4 Å². The van der Waals surface area contributed by atoms with Crippen molar-refractivity contribution in [3.05, 3.63) is 0 Å². The van der Waals surface area contributed by atoms with Crippen LogP contribution in [0.2, 0.25) is 0 Å². The third-order valence-corrected chi connectivity index (χ3v) is 3.96. The van der Waals surface area contributed by atoms with Gasteiger partial charge in [0.15, 0.2) is 0 Å². The van der Waals surface area contributed by atoms with Gasteiger partial charge >= 0.3 is 5.97 Å². The van der Waals surface area contributed by atoms with Crippen molar-refractivity contribution in [3.63, 3.8) is 0 Å². The Morgan fingerprint density at radius 3 is 2.25 bits per heavy atom. The van der Waals surface area contributed by atoms with E-state index in [0.717, 1.165) is 19.3 Å². The van der Waals surface area contributed by atoms with Crippen molar-refractivity contribution in [3.8, 4) is 0 Å². The zero-order valence-electron chi connectivity index (χ0n) is 13.0. The first-order valence-electron chi connectivity index (χ1n) is 7.37. The van der Waals surface area contributed by atoms with Gasteiger partial charge in [-0.05, 0) is 52.4 Å². The molecule has 0 aromatic rings. The Hall–Kier alpha value is -1.10. The van der Waals surface area contributed by atoms with Gasteiger partial charge in [-0.15, -0.1) is 0 Å². The maximum Gasteiger partial charge on any atom is 0.329 e. The monoisotopic (exact) mass is 285 g/mol. The van der Waals surface area contributed by atoms with Crippen LogP contribution in [0.15, 0.2) is 0 Å². The predicted octanol–water partition coefficient (Wildman–Crippen LogP) is 2.34. The molecule has 0 spiro atoms. The molecular formula is C15H27NO4. The Labute approximate surface area is 121 Å². The summed E-state index contributed by atoms with van der Waals surface area (Å²) < 4.78 is 5.39. The van der Waals surface area contributed by atoms with E-state index in [1.165, 1.54) is 0 Å². The Bertz CT molecular complexity index is 351. The molecule has 0 unspecified atom stereocenters. The number of carbonyl (C=O) groups excluding carboxylic acids is 1. The van der Waals surface area contributed by atoms with E-state index in [9.17, 15) is 14.7 Å². The van der Waals surface area contributed by atoms with Crippen molar-refractivity contribution in [2.24, 2.45) is 5.92 Å².